The van der Waals surface area contributed by atoms with E-state index in [9.17, 15) is 13.2 Å². The molecule has 1 amide bonds. The first-order valence-electron chi connectivity index (χ1n) is 7.25. The van der Waals surface area contributed by atoms with Crippen molar-refractivity contribution >= 4 is 28.3 Å². The lowest BCUT2D eigenvalue weighted by atomic mass is 10.2. The normalized spacial score (nSPS) is 15.4. The van der Waals surface area contributed by atoms with E-state index in [2.05, 4.69) is 16.6 Å². The first-order valence-corrected chi connectivity index (χ1v) is 8.73. The van der Waals surface area contributed by atoms with E-state index in [-0.39, 0.29) is 29.8 Å². The lowest BCUT2D eigenvalue weighted by molar-refractivity contribution is 0.0766. The molecule has 1 heterocycles. The van der Waals surface area contributed by atoms with Crippen LogP contribution in [0.15, 0.2) is 41.8 Å². The highest BCUT2D eigenvalue weighted by Crippen LogP contribution is 2.14. The lowest BCUT2D eigenvalue weighted by Crippen LogP contribution is -2.34. The Kier molecular flexibility index (Phi) is 7.70. The molecule has 0 radical (unpaired) electrons. The SMILES string of the molecule is C=CCNS(=O)(=O)c1cccc(C(=O)N2CCCNCC2)c1.Cl. The van der Waals surface area contributed by atoms with Crippen LogP contribution in [0.3, 0.4) is 0 Å². The largest absolute Gasteiger partial charge is 0.337 e. The quantitative estimate of drug-likeness (QED) is 0.769. The van der Waals surface area contributed by atoms with Crippen molar-refractivity contribution < 1.29 is 13.2 Å². The van der Waals surface area contributed by atoms with Crippen molar-refractivity contribution in [3.05, 3.63) is 42.5 Å². The van der Waals surface area contributed by atoms with Crippen LogP contribution in [0.4, 0.5) is 0 Å². The van der Waals surface area contributed by atoms with Crippen LogP contribution in [0.5, 0.6) is 0 Å². The van der Waals surface area contributed by atoms with Crippen molar-refractivity contribution in [2.75, 3.05) is 32.7 Å². The van der Waals surface area contributed by atoms with E-state index in [4.69, 9.17) is 0 Å². The van der Waals surface area contributed by atoms with Crippen LogP contribution in [0.25, 0.3) is 0 Å². The molecule has 1 saturated heterocycles. The van der Waals surface area contributed by atoms with Gasteiger partial charge in [0.15, 0.2) is 0 Å². The Morgan fingerprint density at radius 3 is 2.87 bits per heavy atom. The molecule has 0 spiro atoms. The summed E-state index contributed by atoms with van der Waals surface area (Å²) in [4.78, 5) is 14.4. The minimum Gasteiger partial charge on any atom is -0.337 e. The molecule has 23 heavy (non-hydrogen) atoms. The van der Waals surface area contributed by atoms with Gasteiger partial charge in [0.2, 0.25) is 10.0 Å². The van der Waals surface area contributed by atoms with Crippen LogP contribution in [0.1, 0.15) is 16.8 Å². The van der Waals surface area contributed by atoms with Crippen LogP contribution in [0.2, 0.25) is 0 Å². The number of nitrogens with zero attached hydrogens (tertiary/aromatic N) is 1. The number of rotatable bonds is 5. The van der Waals surface area contributed by atoms with Crippen molar-refractivity contribution in [2.45, 2.75) is 11.3 Å². The van der Waals surface area contributed by atoms with E-state index < -0.39 is 10.0 Å². The monoisotopic (exact) mass is 359 g/mol. The maximum atomic E-state index is 12.5. The molecule has 6 nitrogen and oxygen atoms in total. The molecular weight excluding hydrogens is 338 g/mol. The van der Waals surface area contributed by atoms with E-state index in [1.54, 1.807) is 17.0 Å². The number of hydrogen-bond acceptors (Lipinski definition) is 4. The Labute approximate surface area is 143 Å². The first-order chi connectivity index (χ1) is 10.5. The van der Waals surface area contributed by atoms with Gasteiger partial charge in [0.05, 0.1) is 4.90 Å². The molecular formula is C15H22ClN3O3S. The highest BCUT2D eigenvalue weighted by Gasteiger charge is 2.20. The van der Waals surface area contributed by atoms with Crippen molar-refractivity contribution in [1.82, 2.24) is 14.9 Å². The second kappa shape index (κ2) is 9.02. The van der Waals surface area contributed by atoms with Gasteiger partial charge in [-0.15, -0.1) is 19.0 Å². The maximum Gasteiger partial charge on any atom is 0.253 e. The number of hydrogen-bond donors (Lipinski definition) is 2. The zero-order valence-corrected chi connectivity index (χ0v) is 14.5. The fraction of sp³-hybridized carbons (Fsp3) is 0.400. The molecule has 0 unspecified atom stereocenters. The van der Waals surface area contributed by atoms with Crippen molar-refractivity contribution in [3.63, 3.8) is 0 Å². The minimum absolute atomic E-state index is 0. The molecule has 2 N–H and O–H groups in total. The van der Waals surface area contributed by atoms with E-state index >= 15 is 0 Å². The van der Waals surface area contributed by atoms with E-state index in [0.29, 0.717) is 18.7 Å². The third-order valence-electron chi connectivity index (χ3n) is 3.44. The second-order valence-corrected chi connectivity index (χ2v) is 6.83. The molecule has 1 fully saturated rings. The average molecular weight is 360 g/mol. The predicted octanol–water partition coefficient (Wildman–Crippen LogP) is 1.01. The topological polar surface area (TPSA) is 78.5 Å². The van der Waals surface area contributed by atoms with Crippen LogP contribution in [0, 0.1) is 0 Å². The zero-order valence-electron chi connectivity index (χ0n) is 12.8. The summed E-state index contributed by atoms with van der Waals surface area (Å²) in [6, 6.07) is 6.14. The number of carbonyl (C=O) groups excluding carboxylic acids is 1. The standard InChI is InChI=1S/C15H21N3O3S.ClH/c1-2-7-17-22(20,21)14-6-3-5-13(12-14)15(19)18-10-4-8-16-9-11-18;/h2-3,5-6,12,16-17H,1,4,7-11H2;1H. The highest BCUT2D eigenvalue weighted by atomic mass is 35.5. The summed E-state index contributed by atoms with van der Waals surface area (Å²) in [5.41, 5.74) is 0.392. The van der Waals surface area contributed by atoms with Gasteiger partial charge in [-0.1, -0.05) is 12.1 Å². The Morgan fingerprint density at radius 1 is 1.35 bits per heavy atom. The Hall–Kier alpha value is -1.41. The summed E-state index contributed by atoms with van der Waals surface area (Å²) in [5.74, 6) is -0.135. The fourth-order valence-corrected chi connectivity index (χ4v) is 3.32. The Morgan fingerprint density at radius 2 is 2.13 bits per heavy atom. The molecule has 8 heteroatoms. The van der Waals surface area contributed by atoms with Gasteiger partial charge in [-0.3, -0.25) is 4.79 Å². The van der Waals surface area contributed by atoms with Crippen LogP contribution in [-0.2, 0) is 10.0 Å². The lowest BCUT2D eigenvalue weighted by Gasteiger charge is -2.20. The molecule has 0 aliphatic carbocycles. The molecule has 1 aliphatic rings. The summed E-state index contributed by atoms with van der Waals surface area (Å²) >= 11 is 0. The Bertz CT molecular complexity index is 641. The molecule has 2 rings (SSSR count). The Balaban J connectivity index is 0.00000264. The van der Waals surface area contributed by atoms with Gasteiger partial charge in [0.1, 0.15) is 0 Å². The third kappa shape index (κ3) is 5.31. The van der Waals surface area contributed by atoms with Crippen LogP contribution >= 0.6 is 12.4 Å². The molecule has 0 atom stereocenters. The second-order valence-electron chi connectivity index (χ2n) is 5.06. The van der Waals surface area contributed by atoms with Crippen molar-refractivity contribution in [2.24, 2.45) is 0 Å². The third-order valence-corrected chi connectivity index (χ3v) is 4.86. The number of amides is 1. The number of nitrogens with one attached hydrogen (secondary N) is 2. The van der Waals surface area contributed by atoms with Gasteiger partial charge in [0, 0.05) is 31.7 Å². The summed E-state index contributed by atoms with van der Waals surface area (Å²) in [6.45, 7) is 6.59. The molecule has 1 aliphatic heterocycles. The predicted molar refractivity (Wildman–Crippen MR) is 92.5 cm³/mol. The van der Waals surface area contributed by atoms with E-state index in [1.165, 1.54) is 18.2 Å². The van der Waals surface area contributed by atoms with Crippen LogP contribution in [-0.4, -0.2) is 51.9 Å². The summed E-state index contributed by atoms with van der Waals surface area (Å²) in [7, 11) is -3.62. The number of benzene rings is 1. The smallest absolute Gasteiger partial charge is 0.253 e. The summed E-state index contributed by atoms with van der Waals surface area (Å²) < 4.78 is 26.6. The number of halogens is 1. The van der Waals surface area contributed by atoms with Gasteiger partial charge in [-0.25, -0.2) is 13.1 Å². The average Bonchev–Trinajstić information content (AvgIpc) is 2.81. The molecule has 0 saturated carbocycles. The van der Waals surface area contributed by atoms with E-state index in [1.807, 2.05) is 0 Å². The zero-order chi connectivity index (χ0) is 16.0. The first kappa shape index (κ1) is 19.6. The molecule has 0 bridgehead atoms. The molecule has 1 aromatic rings. The minimum atomic E-state index is -3.62. The van der Waals surface area contributed by atoms with E-state index in [0.717, 1.165) is 19.5 Å². The number of sulfonamides is 1. The molecule has 1 aromatic carbocycles. The van der Waals surface area contributed by atoms with Crippen molar-refractivity contribution in [1.29, 1.82) is 0 Å². The van der Waals surface area contributed by atoms with Gasteiger partial charge in [-0.2, -0.15) is 0 Å². The van der Waals surface area contributed by atoms with Crippen molar-refractivity contribution in [3.8, 4) is 0 Å². The number of carbonyl (C=O) groups is 1. The van der Waals surface area contributed by atoms with Gasteiger partial charge in [-0.05, 0) is 31.2 Å². The summed E-state index contributed by atoms with van der Waals surface area (Å²) in [6.07, 6.45) is 2.36. The van der Waals surface area contributed by atoms with Crippen LogP contribution < -0.4 is 10.0 Å². The maximum absolute atomic E-state index is 12.5. The molecule has 0 aromatic heterocycles. The fourth-order valence-electron chi connectivity index (χ4n) is 2.28. The highest BCUT2D eigenvalue weighted by molar-refractivity contribution is 7.89. The van der Waals surface area contributed by atoms with Gasteiger partial charge >= 0.3 is 0 Å². The molecule has 128 valence electrons. The van der Waals surface area contributed by atoms with Gasteiger partial charge < -0.3 is 10.2 Å². The summed E-state index contributed by atoms with van der Waals surface area (Å²) in [5, 5.41) is 3.23. The van der Waals surface area contributed by atoms with Gasteiger partial charge in [0.25, 0.3) is 5.91 Å².